The number of anilines is 1. The number of nitrogens with one attached hydrogen (secondary N) is 1. The summed E-state index contributed by atoms with van der Waals surface area (Å²) in [5, 5.41) is 19.5. The second-order valence-electron chi connectivity index (χ2n) is 5.61. The van der Waals surface area contributed by atoms with Crippen molar-refractivity contribution in [3.8, 4) is 0 Å². The van der Waals surface area contributed by atoms with E-state index in [1.54, 1.807) is 13.0 Å². The Kier molecular flexibility index (Phi) is 6.08. The topological polar surface area (TPSA) is 107 Å². The minimum absolute atomic E-state index is 0.323. The zero-order valence-electron chi connectivity index (χ0n) is 13.8. The molecule has 0 aliphatic rings. The first-order valence-corrected chi connectivity index (χ1v) is 7.91. The Balaban J connectivity index is 2.40. The van der Waals surface area contributed by atoms with Crippen LogP contribution in [0, 0.1) is 5.92 Å². The molecule has 0 fully saturated rings. The summed E-state index contributed by atoms with van der Waals surface area (Å²) in [6, 6.07) is 13.1. The van der Waals surface area contributed by atoms with Crippen LogP contribution in [0.1, 0.15) is 19.8 Å². The van der Waals surface area contributed by atoms with Gasteiger partial charge in [-0.15, -0.1) is 0 Å². The molecular weight excluding hydrogens is 324 g/mol. The standard InChI is InChI=1S/C18H20N2O5/c1-2-20(15-9-5-7-12-6-3-4-8-14(12)15)18(24)13(11-17(22)23)10-16(21)19-25/h3-9,13,25H,2,10-11H2,1H3,(H,19,21)(H,22,23). The van der Waals surface area contributed by atoms with Crippen molar-refractivity contribution in [2.75, 3.05) is 11.4 Å². The predicted octanol–water partition coefficient (Wildman–Crippen LogP) is 2.18. The normalized spacial score (nSPS) is 11.8. The van der Waals surface area contributed by atoms with E-state index in [-0.39, 0.29) is 0 Å². The number of benzene rings is 2. The molecule has 0 spiro atoms. The van der Waals surface area contributed by atoms with Crippen LogP contribution in [0.3, 0.4) is 0 Å². The fourth-order valence-corrected chi connectivity index (χ4v) is 2.84. The van der Waals surface area contributed by atoms with E-state index in [0.717, 1.165) is 10.8 Å². The summed E-state index contributed by atoms with van der Waals surface area (Å²) in [7, 11) is 0. The number of carboxylic acid groups (broad SMARTS) is 1. The molecular formula is C18H20N2O5. The molecule has 0 saturated carbocycles. The Morgan fingerprint density at radius 2 is 1.76 bits per heavy atom. The Morgan fingerprint density at radius 3 is 2.40 bits per heavy atom. The van der Waals surface area contributed by atoms with Crippen LogP contribution in [0.15, 0.2) is 42.5 Å². The minimum Gasteiger partial charge on any atom is -0.481 e. The number of nitrogens with zero attached hydrogens (tertiary/aromatic N) is 1. The fraction of sp³-hybridized carbons (Fsp3) is 0.278. The summed E-state index contributed by atoms with van der Waals surface area (Å²) in [5.74, 6) is -3.51. The number of aliphatic carboxylic acids is 1. The van der Waals surface area contributed by atoms with Crippen molar-refractivity contribution in [1.29, 1.82) is 0 Å². The van der Waals surface area contributed by atoms with Crippen molar-refractivity contribution < 1.29 is 24.7 Å². The number of carbonyl (C=O) groups excluding carboxylic acids is 2. The van der Waals surface area contributed by atoms with Crippen LogP contribution < -0.4 is 10.4 Å². The number of fused-ring (bicyclic) bond motifs is 1. The Bertz CT molecular complexity index is 785. The molecule has 2 rings (SSSR count). The lowest BCUT2D eigenvalue weighted by atomic mass is 9.98. The molecule has 0 radical (unpaired) electrons. The van der Waals surface area contributed by atoms with E-state index in [4.69, 9.17) is 10.3 Å². The Labute approximate surface area is 144 Å². The number of carbonyl (C=O) groups is 3. The van der Waals surface area contributed by atoms with Gasteiger partial charge in [0, 0.05) is 18.4 Å². The van der Waals surface area contributed by atoms with Gasteiger partial charge in [0.25, 0.3) is 0 Å². The number of hydrogen-bond acceptors (Lipinski definition) is 4. The molecule has 2 aromatic rings. The van der Waals surface area contributed by atoms with Crippen molar-refractivity contribution >= 4 is 34.2 Å². The molecule has 0 aliphatic heterocycles. The van der Waals surface area contributed by atoms with Crippen LogP contribution >= 0.6 is 0 Å². The van der Waals surface area contributed by atoms with Crippen LogP contribution in [0.25, 0.3) is 10.8 Å². The highest BCUT2D eigenvalue weighted by molar-refractivity contribution is 6.05. The van der Waals surface area contributed by atoms with E-state index < -0.39 is 36.5 Å². The van der Waals surface area contributed by atoms with E-state index in [1.165, 1.54) is 10.4 Å². The van der Waals surface area contributed by atoms with Crippen molar-refractivity contribution in [2.45, 2.75) is 19.8 Å². The number of hydroxylamine groups is 1. The molecule has 3 N–H and O–H groups in total. The lowest BCUT2D eigenvalue weighted by Gasteiger charge is -2.26. The summed E-state index contributed by atoms with van der Waals surface area (Å²) < 4.78 is 0. The summed E-state index contributed by atoms with van der Waals surface area (Å²) >= 11 is 0. The molecule has 0 heterocycles. The van der Waals surface area contributed by atoms with Crippen molar-refractivity contribution in [3.63, 3.8) is 0 Å². The third kappa shape index (κ3) is 4.33. The van der Waals surface area contributed by atoms with E-state index in [2.05, 4.69) is 0 Å². The van der Waals surface area contributed by atoms with Crippen molar-refractivity contribution in [1.82, 2.24) is 5.48 Å². The van der Waals surface area contributed by atoms with Crippen LogP contribution in [0.4, 0.5) is 5.69 Å². The highest BCUT2D eigenvalue weighted by Crippen LogP contribution is 2.28. The molecule has 2 aromatic carbocycles. The predicted molar refractivity (Wildman–Crippen MR) is 92.3 cm³/mol. The molecule has 0 aromatic heterocycles. The highest BCUT2D eigenvalue weighted by Gasteiger charge is 2.29. The van der Waals surface area contributed by atoms with E-state index >= 15 is 0 Å². The van der Waals surface area contributed by atoms with Crippen molar-refractivity contribution in [2.24, 2.45) is 5.92 Å². The minimum atomic E-state index is -1.18. The Morgan fingerprint density at radius 1 is 1.08 bits per heavy atom. The SMILES string of the molecule is CCN(C(=O)C(CC(=O)O)CC(=O)NO)c1cccc2ccccc12. The molecule has 132 valence electrons. The maximum Gasteiger partial charge on any atom is 0.304 e. The van der Waals surface area contributed by atoms with Crippen LogP contribution in [-0.4, -0.2) is 34.6 Å². The second kappa shape index (κ2) is 8.25. The second-order valence-corrected chi connectivity index (χ2v) is 5.61. The lowest BCUT2D eigenvalue weighted by Crippen LogP contribution is -2.39. The average Bonchev–Trinajstić information content (AvgIpc) is 2.61. The number of hydrogen-bond donors (Lipinski definition) is 3. The van der Waals surface area contributed by atoms with Gasteiger partial charge in [-0.05, 0) is 18.4 Å². The van der Waals surface area contributed by atoms with Gasteiger partial charge >= 0.3 is 5.97 Å². The van der Waals surface area contributed by atoms with E-state index in [0.29, 0.717) is 12.2 Å². The summed E-state index contributed by atoms with van der Waals surface area (Å²) in [6.07, 6.45) is -0.892. The van der Waals surface area contributed by atoms with Crippen LogP contribution in [0.5, 0.6) is 0 Å². The quantitative estimate of drug-likeness (QED) is 0.527. The maximum absolute atomic E-state index is 12.9. The van der Waals surface area contributed by atoms with Gasteiger partial charge in [0.2, 0.25) is 11.8 Å². The molecule has 1 unspecified atom stereocenters. The van der Waals surface area contributed by atoms with E-state index in [9.17, 15) is 14.4 Å². The summed E-state index contributed by atoms with van der Waals surface area (Å²) in [5.41, 5.74) is 2.11. The fourth-order valence-electron chi connectivity index (χ4n) is 2.84. The smallest absolute Gasteiger partial charge is 0.304 e. The number of rotatable bonds is 7. The van der Waals surface area contributed by atoms with E-state index in [1.807, 2.05) is 36.4 Å². The number of carboxylic acids is 1. The van der Waals surface area contributed by atoms with Gasteiger partial charge in [-0.1, -0.05) is 36.4 Å². The lowest BCUT2D eigenvalue weighted by molar-refractivity contribution is -0.142. The van der Waals surface area contributed by atoms with Crippen LogP contribution in [0.2, 0.25) is 0 Å². The molecule has 2 amide bonds. The van der Waals surface area contributed by atoms with Gasteiger partial charge in [0.05, 0.1) is 18.0 Å². The van der Waals surface area contributed by atoms with Gasteiger partial charge in [0.1, 0.15) is 0 Å². The van der Waals surface area contributed by atoms with Gasteiger partial charge in [-0.2, -0.15) is 0 Å². The maximum atomic E-state index is 12.9. The molecule has 7 heteroatoms. The largest absolute Gasteiger partial charge is 0.481 e. The van der Waals surface area contributed by atoms with Gasteiger partial charge in [-0.25, -0.2) is 5.48 Å². The third-order valence-electron chi connectivity index (χ3n) is 3.97. The molecule has 0 saturated heterocycles. The number of amides is 2. The summed E-state index contributed by atoms with van der Waals surface area (Å²) in [4.78, 5) is 36.9. The monoisotopic (exact) mass is 344 g/mol. The molecule has 0 aliphatic carbocycles. The van der Waals surface area contributed by atoms with Crippen molar-refractivity contribution in [3.05, 3.63) is 42.5 Å². The first-order chi connectivity index (χ1) is 12.0. The van der Waals surface area contributed by atoms with Gasteiger partial charge in [-0.3, -0.25) is 19.6 Å². The first-order valence-electron chi connectivity index (χ1n) is 7.91. The molecule has 25 heavy (non-hydrogen) atoms. The van der Waals surface area contributed by atoms with Gasteiger partial charge < -0.3 is 10.0 Å². The Hall–Kier alpha value is -2.93. The van der Waals surface area contributed by atoms with Crippen LogP contribution in [-0.2, 0) is 14.4 Å². The zero-order chi connectivity index (χ0) is 18.4. The summed E-state index contributed by atoms with van der Waals surface area (Å²) in [6.45, 7) is 2.10. The third-order valence-corrected chi connectivity index (χ3v) is 3.97. The first kappa shape index (κ1) is 18.4. The van der Waals surface area contributed by atoms with Gasteiger partial charge in [0.15, 0.2) is 0 Å². The highest BCUT2D eigenvalue weighted by atomic mass is 16.5. The molecule has 7 nitrogen and oxygen atoms in total. The average molecular weight is 344 g/mol. The zero-order valence-corrected chi connectivity index (χ0v) is 13.8. The molecule has 1 atom stereocenters. The molecule has 0 bridgehead atoms.